The van der Waals surface area contributed by atoms with Gasteiger partial charge >= 0.3 is 11.9 Å². The maximum Gasteiger partial charge on any atom is 0.306 e. The van der Waals surface area contributed by atoms with Gasteiger partial charge in [0.1, 0.15) is 6.61 Å². The normalized spacial score (nSPS) is 12.6. The molecule has 1 atom stereocenters. The smallest absolute Gasteiger partial charge is 0.306 e. The molecule has 1 unspecified atom stereocenters. The minimum Gasteiger partial charge on any atom is -0.462 e. The zero-order valence-corrected chi connectivity index (χ0v) is 42.8. The van der Waals surface area contributed by atoms with Crippen LogP contribution in [-0.4, -0.2) is 37.9 Å². The van der Waals surface area contributed by atoms with Gasteiger partial charge < -0.3 is 14.2 Å². The average Bonchev–Trinajstić information content (AvgIpc) is 3.30. The van der Waals surface area contributed by atoms with E-state index < -0.39 is 6.10 Å². The van der Waals surface area contributed by atoms with Gasteiger partial charge in [-0.05, 0) is 103 Å². The van der Waals surface area contributed by atoms with Gasteiger partial charge in [-0.3, -0.25) is 9.59 Å². The fourth-order valence-electron chi connectivity index (χ4n) is 7.87. The Morgan fingerprint density at radius 2 is 0.703 bits per heavy atom. The molecule has 0 fully saturated rings. The van der Waals surface area contributed by atoms with Gasteiger partial charge in [-0.1, -0.05) is 223 Å². The van der Waals surface area contributed by atoms with Gasteiger partial charge in [0, 0.05) is 19.4 Å². The molecule has 0 radical (unpaired) electrons. The molecule has 0 N–H and O–H groups in total. The highest BCUT2D eigenvalue weighted by atomic mass is 16.6. The van der Waals surface area contributed by atoms with Crippen LogP contribution in [0.1, 0.15) is 278 Å². The Kier molecular flexibility index (Phi) is 52.9. The lowest BCUT2D eigenvalue weighted by Crippen LogP contribution is -2.30. The van der Waals surface area contributed by atoms with Crippen molar-refractivity contribution >= 4 is 11.9 Å². The van der Waals surface area contributed by atoms with Crippen LogP contribution in [0.5, 0.6) is 0 Å². The highest BCUT2D eigenvalue weighted by molar-refractivity contribution is 5.70. The number of hydrogen-bond acceptors (Lipinski definition) is 5. The van der Waals surface area contributed by atoms with Crippen molar-refractivity contribution in [2.24, 2.45) is 0 Å². The quantitative estimate of drug-likeness (QED) is 0.0346. The molecular formula is C59H106O5. The number of carbonyl (C=O) groups is 2. The monoisotopic (exact) mass is 895 g/mol. The minimum atomic E-state index is -0.548. The molecule has 0 amide bonds. The summed E-state index contributed by atoms with van der Waals surface area (Å²) < 4.78 is 17.4. The summed E-state index contributed by atoms with van der Waals surface area (Å²) in [5, 5.41) is 0. The molecule has 0 aromatic rings. The fraction of sp³-hybridized carbons (Fsp3) is 0.797. The molecule has 64 heavy (non-hydrogen) atoms. The van der Waals surface area contributed by atoms with E-state index in [1.807, 2.05) is 0 Å². The Morgan fingerprint density at radius 1 is 0.359 bits per heavy atom. The van der Waals surface area contributed by atoms with E-state index in [0.717, 1.165) is 77.0 Å². The topological polar surface area (TPSA) is 61.8 Å². The van der Waals surface area contributed by atoms with Gasteiger partial charge in [0.05, 0.1) is 6.61 Å². The first-order valence-electron chi connectivity index (χ1n) is 27.8. The van der Waals surface area contributed by atoms with Crippen LogP contribution < -0.4 is 0 Å². The third-order valence-corrected chi connectivity index (χ3v) is 12.0. The molecule has 0 rings (SSSR count). The standard InChI is InChI=1S/C59H106O5/c1-4-7-10-13-16-19-22-25-27-29-30-31-32-35-37-40-43-46-49-52-58(60)63-56-57(64-59(61)53-50-47-44-41-38-34-24-21-18-15-12-9-6-3)55-62-54-51-48-45-42-39-36-33-28-26-23-20-17-14-11-8-5-2/h8,11,17,20-21,24-28,57H,4-7,9-10,12-16,18-19,22-23,29-56H2,1-3H3/b11-8-,20-17-,24-21-,27-25-,28-26-. The molecular weight excluding hydrogens is 789 g/mol. The second-order valence-electron chi connectivity index (χ2n) is 18.4. The SMILES string of the molecule is CC/C=C\C/C=C\C/C=C\CCCCCCCCOCC(COC(=O)CCCCCCCCCCC/C=C\CCCCCCCC)OC(=O)CCCCCCC/C=C\CCCCCC. The molecule has 0 heterocycles. The van der Waals surface area contributed by atoms with Crippen molar-refractivity contribution in [3.63, 3.8) is 0 Å². The first-order valence-corrected chi connectivity index (χ1v) is 27.8. The summed E-state index contributed by atoms with van der Waals surface area (Å²) >= 11 is 0. The molecule has 0 saturated carbocycles. The third kappa shape index (κ3) is 52.2. The average molecular weight is 895 g/mol. The van der Waals surface area contributed by atoms with E-state index in [1.54, 1.807) is 0 Å². The van der Waals surface area contributed by atoms with Crippen LogP contribution in [0.25, 0.3) is 0 Å². The summed E-state index contributed by atoms with van der Waals surface area (Å²) in [6.07, 6.45) is 69.5. The highest BCUT2D eigenvalue weighted by Gasteiger charge is 2.17. The van der Waals surface area contributed by atoms with Crippen molar-refractivity contribution in [3.05, 3.63) is 60.8 Å². The van der Waals surface area contributed by atoms with E-state index in [4.69, 9.17) is 14.2 Å². The van der Waals surface area contributed by atoms with Crippen LogP contribution >= 0.6 is 0 Å². The number of allylic oxidation sites excluding steroid dienone is 10. The van der Waals surface area contributed by atoms with Crippen molar-refractivity contribution in [2.45, 2.75) is 284 Å². The number of esters is 2. The molecule has 372 valence electrons. The van der Waals surface area contributed by atoms with Crippen molar-refractivity contribution in [3.8, 4) is 0 Å². The second kappa shape index (κ2) is 54.9. The Morgan fingerprint density at radius 3 is 1.16 bits per heavy atom. The first-order chi connectivity index (χ1) is 31.6. The van der Waals surface area contributed by atoms with Crippen LogP contribution in [0.3, 0.4) is 0 Å². The van der Waals surface area contributed by atoms with Crippen molar-refractivity contribution < 1.29 is 23.8 Å². The van der Waals surface area contributed by atoms with E-state index in [1.165, 1.54) is 167 Å². The summed E-state index contributed by atoms with van der Waals surface area (Å²) in [5.41, 5.74) is 0. The Labute approximate surface area is 398 Å². The summed E-state index contributed by atoms with van der Waals surface area (Å²) in [6.45, 7) is 7.69. The zero-order valence-electron chi connectivity index (χ0n) is 42.8. The van der Waals surface area contributed by atoms with Crippen molar-refractivity contribution in [1.82, 2.24) is 0 Å². The number of rotatable bonds is 51. The van der Waals surface area contributed by atoms with Gasteiger partial charge in [0.2, 0.25) is 0 Å². The maximum atomic E-state index is 12.8. The molecule has 0 aliphatic heterocycles. The maximum absolute atomic E-state index is 12.8. The van der Waals surface area contributed by atoms with Crippen LogP contribution in [0, 0.1) is 0 Å². The molecule has 5 heteroatoms. The van der Waals surface area contributed by atoms with Crippen LogP contribution in [-0.2, 0) is 23.8 Å². The Hall–Kier alpha value is -2.40. The van der Waals surface area contributed by atoms with E-state index in [-0.39, 0.29) is 25.2 Å². The van der Waals surface area contributed by atoms with Gasteiger partial charge in [0.25, 0.3) is 0 Å². The molecule has 0 spiro atoms. The van der Waals surface area contributed by atoms with E-state index >= 15 is 0 Å². The second-order valence-corrected chi connectivity index (χ2v) is 18.4. The van der Waals surface area contributed by atoms with Crippen LogP contribution in [0.2, 0.25) is 0 Å². The zero-order chi connectivity index (χ0) is 46.3. The summed E-state index contributed by atoms with van der Waals surface area (Å²) in [5.74, 6) is -0.409. The number of ether oxygens (including phenoxy) is 3. The summed E-state index contributed by atoms with van der Waals surface area (Å²) in [4.78, 5) is 25.5. The highest BCUT2D eigenvalue weighted by Crippen LogP contribution is 2.15. The Bertz CT molecular complexity index is 1100. The number of hydrogen-bond donors (Lipinski definition) is 0. The lowest BCUT2D eigenvalue weighted by atomic mass is 10.1. The predicted octanol–water partition coefficient (Wildman–Crippen LogP) is 18.9. The van der Waals surface area contributed by atoms with E-state index in [0.29, 0.717) is 19.4 Å². The number of carbonyl (C=O) groups excluding carboxylic acids is 2. The minimum absolute atomic E-state index is 0.0760. The summed E-state index contributed by atoms with van der Waals surface area (Å²) in [6, 6.07) is 0. The lowest BCUT2D eigenvalue weighted by Gasteiger charge is -2.18. The van der Waals surface area contributed by atoms with Gasteiger partial charge in [-0.2, -0.15) is 0 Å². The van der Waals surface area contributed by atoms with Gasteiger partial charge in [-0.15, -0.1) is 0 Å². The molecule has 0 aromatic heterocycles. The fourth-order valence-corrected chi connectivity index (χ4v) is 7.87. The van der Waals surface area contributed by atoms with Crippen molar-refractivity contribution in [1.29, 1.82) is 0 Å². The molecule has 5 nitrogen and oxygen atoms in total. The number of unbranched alkanes of at least 4 members (excludes halogenated alkanes) is 30. The molecule has 0 aromatic carbocycles. The summed E-state index contributed by atoms with van der Waals surface area (Å²) in [7, 11) is 0. The molecule has 0 saturated heterocycles. The molecule has 0 aliphatic rings. The predicted molar refractivity (Wildman–Crippen MR) is 279 cm³/mol. The first kappa shape index (κ1) is 61.6. The van der Waals surface area contributed by atoms with Gasteiger partial charge in [-0.25, -0.2) is 0 Å². The van der Waals surface area contributed by atoms with E-state index in [9.17, 15) is 9.59 Å². The third-order valence-electron chi connectivity index (χ3n) is 12.0. The lowest BCUT2D eigenvalue weighted by molar-refractivity contribution is -0.163. The molecule has 0 aliphatic carbocycles. The molecule has 0 bridgehead atoms. The van der Waals surface area contributed by atoms with Crippen molar-refractivity contribution in [2.75, 3.05) is 19.8 Å². The van der Waals surface area contributed by atoms with E-state index in [2.05, 4.69) is 81.5 Å². The Balaban J connectivity index is 4.25. The van der Waals surface area contributed by atoms with Gasteiger partial charge in [0.15, 0.2) is 6.10 Å². The largest absolute Gasteiger partial charge is 0.462 e. The van der Waals surface area contributed by atoms with Crippen LogP contribution in [0.4, 0.5) is 0 Å². The van der Waals surface area contributed by atoms with Crippen LogP contribution in [0.15, 0.2) is 60.8 Å².